The molecule has 2 aromatic carbocycles. The molecule has 5 rings (SSSR count). The van der Waals surface area contributed by atoms with Crippen LogP contribution >= 0.6 is 22.6 Å². The van der Waals surface area contributed by atoms with E-state index in [4.69, 9.17) is 23.7 Å². The van der Waals surface area contributed by atoms with E-state index >= 15 is 0 Å². The molecule has 3 aliphatic heterocycles. The summed E-state index contributed by atoms with van der Waals surface area (Å²) < 4.78 is 27.8. The zero-order valence-electron chi connectivity index (χ0n) is 14.0. The summed E-state index contributed by atoms with van der Waals surface area (Å²) in [5.74, 6) is 2.51. The smallest absolute Gasteiger partial charge is 0.338 e. The van der Waals surface area contributed by atoms with E-state index in [1.165, 1.54) is 0 Å². The summed E-state index contributed by atoms with van der Waals surface area (Å²) in [6.45, 7) is 0.674. The number of hydrogen-bond donors (Lipinski definition) is 0. The van der Waals surface area contributed by atoms with E-state index < -0.39 is 0 Å². The number of hydrogen-bond acceptors (Lipinski definition) is 6. The summed E-state index contributed by atoms with van der Waals surface area (Å²) in [6, 6.07) is 9.42. The lowest BCUT2D eigenvalue weighted by Crippen LogP contribution is -1.96. The van der Waals surface area contributed by atoms with Crippen LogP contribution in [0, 0.1) is 3.57 Å². The van der Waals surface area contributed by atoms with Gasteiger partial charge in [0.2, 0.25) is 13.6 Å². The van der Waals surface area contributed by atoms with Gasteiger partial charge in [0.15, 0.2) is 23.0 Å². The molecule has 0 bridgehead atoms. The lowest BCUT2D eigenvalue weighted by atomic mass is 10.0. The molecule has 0 radical (unpaired) electrons. The molecule has 0 atom stereocenters. The van der Waals surface area contributed by atoms with E-state index in [0.717, 1.165) is 26.0 Å². The molecule has 0 aromatic heterocycles. The lowest BCUT2D eigenvalue weighted by Gasteiger charge is -2.05. The fourth-order valence-corrected chi connectivity index (χ4v) is 3.88. The highest BCUT2D eigenvalue weighted by molar-refractivity contribution is 14.1. The van der Waals surface area contributed by atoms with Gasteiger partial charge in [-0.1, -0.05) is 6.07 Å². The number of benzene rings is 2. The Labute approximate surface area is 168 Å². The van der Waals surface area contributed by atoms with Gasteiger partial charge in [0.05, 0.1) is 9.14 Å². The van der Waals surface area contributed by atoms with Crippen molar-refractivity contribution < 1.29 is 28.5 Å². The first kappa shape index (κ1) is 16.5. The number of rotatable bonds is 2. The molecule has 136 valence electrons. The van der Waals surface area contributed by atoms with Crippen molar-refractivity contribution in [3.63, 3.8) is 0 Å². The summed E-state index contributed by atoms with van der Waals surface area (Å²) in [4.78, 5) is 12.3. The summed E-state index contributed by atoms with van der Waals surface area (Å²) in [6.07, 6.45) is 3.76. The number of halogens is 1. The minimum Gasteiger partial charge on any atom is -0.457 e. The van der Waals surface area contributed by atoms with Crippen LogP contribution < -0.4 is 18.9 Å². The van der Waals surface area contributed by atoms with Gasteiger partial charge in [0.25, 0.3) is 0 Å². The van der Waals surface area contributed by atoms with Crippen molar-refractivity contribution in [3.8, 4) is 23.0 Å². The van der Waals surface area contributed by atoms with Crippen LogP contribution in [-0.4, -0.2) is 26.2 Å². The summed E-state index contributed by atoms with van der Waals surface area (Å²) in [5, 5.41) is 0. The fourth-order valence-electron chi connectivity index (χ4n) is 3.13. The molecule has 0 amide bonds. The molecule has 6 nitrogen and oxygen atoms in total. The SMILES string of the molecule is O=C1OCC(=Cc2ccc3c(c2)OCO3)C1=Cc1ccc2c(c1I)OCO2. The molecule has 3 aliphatic rings. The molecule has 27 heavy (non-hydrogen) atoms. The second kappa shape index (κ2) is 6.49. The van der Waals surface area contributed by atoms with E-state index in [0.29, 0.717) is 22.8 Å². The number of cyclic esters (lactones) is 1. The van der Waals surface area contributed by atoms with Crippen molar-refractivity contribution in [2.75, 3.05) is 20.2 Å². The number of carbonyl (C=O) groups excluding carboxylic acids is 1. The van der Waals surface area contributed by atoms with Gasteiger partial charge in [-0.2, -0.15) is 0 Å². The van der Waals surface area contributed by atoms with Crippen LogP contribution in [0.1, 0.15) is 11.1 Å². The summed E-state index contributed by atoms with van der Waals surface area (Å²) in [5.41, 5.74) is 3.14. The Bertz CT molecular complexity index is 1020. The van der Waals surface area contributed by atoms with Crippen molar-refractivity contribution in [3.05, 3.63) is 56.2 Å². The third-order valence-corrected chi connectivity index (χ3v) is 5.58. The van der Waals surface area contributed by atoms with E-state index in [2.05, 4.69) is 22.6 Å². The third kappa shape index (κ3) is 2.91. The number of ether oxygens (including phenoxy) is 5. The van der Waals surface area contributed by atoms with Gasteiger partial charge in [-0.05, 0) is 70.1 Å². The third-order valence-electron chi connectivity index (χ3n) is 4.47. The largest absolute Gasteiger partial charge is 0.457 e. The normalized spacial score (nSPS) is 19.8. The second-order valence-electron chi connectivity index (χ2n) is 6.12. The van der Waals surface area contributed by atoms with Gasteiger partial charge in [-0.25, -0.2) is 4.79 Å². The van der Waals surface area contributed by atoms with Crippen LogP contribution in [-0.2, 0) is 9.53 Å². The van der Waals surface area contributed by atoms with Gasteiger partial charge in [0.1, 0.15) is 6.61 Å². The molecular weight excluding hydrogens is 463 g/mol. The Balaban J connectivity index is 1.53. The monoisotopic (exact) mass is 476 g/mol. The zero-order chi connectivity index (χ0) is 18.4. The van der Waals surface area contributed by atoms with E-state index in [1.807, 2.05) is 42.5 Å². The standard InChI is InChI=1S/C20H13IO6/c21-18-12(2-4-16-19(18)27-10-25-16)7-14-13(8-23-20(14)22)5-11-1-3-15-17(6-11)26-9-24-15/h1-7H,8-10H2. The highest BCUT2D eigenvalue weighted by Gasteiger charge is 2.26. The van der Waals surface area contributed by atoms with Crippen LogP contribution in [0.15, 0.2) is 41.5 Å². The van der Waals surface area contributed by atoms with Crippen LogP contribution in [0.25, 0.3) is 12.2 Å². The van der Waals surface area contributed by atoms with Gasteiger partial charge in [-0.3, -0.25) is 0 Å². The van der Waals surface area contributed by atoms with Crippen molar-refractivity contribution >= 4 is 40.7 Å². The molecular formula is C20H13IO6. The number of carbonyl (C=O) groups is 1. The number of esters is 1. The summed E-state index contributed by atoms with van der Waals surface area (Å²) >= 11 is 2.20. The fraction of sp³-hybridized carbons (Fsp3) is 0.150. The molecule has 0 unspecified atom stereocenters. The quantitative estimate of drug-likeness (QED) is 0.374. The molecule has 0 N–H and O–H groups in total. The van der Waals surface area contributed by atoms with E-state index in [1.54, 1.807) is 0 Å². The Kier molecular flexibility index (Phi) is 3.96. The molecule has 2 aromatic rings. The van der Waals surface area contributed by atoms with Crippen LogP contribution in [0.4, 0.5) is 0 Å². The zero-order valence-corrected chi connectivity index (χ0v) is 16.1. The molecule has 7 heteroatoms. The van der Waals surface area contributed by atoms with E-state index in [-0.39, 0.29) is 26.2 Å². The van der Waals surface area contributed by atoms with Crippen molar-refractivity contribution in [2.45, 2.75) is 0 Å². The average Bonchev–Trinajstić information content (AvgIpc) is 3.39. The van der Waals surface area contributed by atoms with Crippen LogP contribution in [0.2, 0.25) is 0 Å². The molecule has 0 saturated carbocycles. The van der Waals surface area contributed by atoms with Gasteiger partial charge in [0, 0.05) is 5.57 Å². The predicted molar refractivity (Wildman–Crippen MR) is 105 cm³/mol. The van der Waals surface area contributed by atoms with E-state index in [9.17, 15) is 4.79 Å². The highest BCUT2D eigenvalue weighted by Crippen LogP contribution is 2.40. The first-order valence-electron chi connectivity index (χ1n) is 8.26. The predicted octanol–water partition coefficient (Wildman–Crippen LogP) is 3.77. The van der Waals surface area contributed by atoms with Gasteiger partial charge < -0.3 is 23.7 Å². The van der Waals surface area contributed by atoms with Crippen molar-refractivity contribution in [1.82, 2.24) is 0 Å². The Morgan fingerprint density at radius 3 is 2.56 bits per heavy atom. The second-order valence-corrected chi connectivity index (χ2v) is 7.20. The first-order chi connectivity index (χ1) is 13.2. The minimum absolute atomic E-state index is 0.211. The lowest BCUT2D eigenvalue weighted by molar-refractivity contribution is -0.134. The van der Waals surface area contributed by atoms with Crippen LogP contribution in [0.5, 0.6) is 23.0 Å². The molecule has 0 spiro atoms. The summed E-state index contributed by atoms with van der Waals surface area (Å²) in [7, 11) is 0. The van der Waals surface area contributed by atoms with Gasteiger partial charge in [-0.15, -0.1) is 0 Å². The minimum atomic E-state index is -0.338. The topological polar surface area (TPSA) is 63.2 Å². The maximum absolute atomic E-state index is 12.3. The number of fused-ring (bicyclic) bond motifs is 2. The maximum Gasteiger partial charge on any atom is 0.338 e. The maximum atomic E-state index is 12.3. The Morgan fingerprint density at radius 1 is 0.852 bits per heavy atom. The molecule has 1 fully saturated rings. The Hall–Kier alpha value is -2.68. The first-order valence-corrected chi connectivity index (χ1v) is 9.34. The van der Waals surface area contributed by atoms with Crippen LogP contribution in [0.3, 0.4) is 0 Å². The molecule has 1 saturated heterocycles. The molecule has 3 heterocycles. The Morgan fingerprint density at radius 2 is 1.63 bits per heavy atom. The van der Waals surface area contributed by atoms with Crippen molar-refractivity contribution in [1.29, 1.82) is 0 Å². The average molecular weight is 476 g/mol. The van der Waals surface area contributed by atoms with Gasteiger partial charge >= 0.3 is 5.97 Å². The highest BCUT2D eigenvalue weighted by atomic mass is 127. The molecule has 0 aliphatic carbocycles. The van der Waals surface area contributed by atoms with Crippen molar-refractivity contribution in [2.24, 2.45) is 0 Å².